The molecule has 0 aliphatic heterocycles. The van der Waals surface area contributed by atoms with Gasteiger partial charge in [-0.25, -0.2) is 0 Å². The Hall–Kier alpha value is -1.50. The quantitative estimate of drug-likeness (QED) is 0.744. The van der Waals surface area contributed by atoms with Gasteiger partial charge in [-0.2, -0.15) is 0 Å². The minimum Gasteiger partial charge on any atom is -0.360 e. The van der Waals surface area contributed by atoms with Crippen LogP contribution in [0.2, 0.25) is 0 Å². The highest BCUT2D eigenvalue weighted by molar-refractivity contribution is 8.00. The number of amides is 2. The van der Waals surface area contributed by atoms with E-state index in [0.29, 0.717) is 22.7 Å². The minimum atomic E-state index is -0.171. The Balaban J connectivity index is 1.21. The number of anilines is 1. The van der Waals surface area contributed by atoms with Crippen molar-refractivity contribution >= 4 is 29.4 Å². The molecule has 4 fully saturated rings. The van der Waals surface area contributed by atoms with Gasteiger partial charge in [0.2, 0.25) is 11.8 Å². The Morgan fingerprint density at radius 1 is 1.19 bits per heavy atom. The Bertz CT molecular complexity index is 682. The van der Waals surface area contributed by atoms with E-state index >= 15 is 0 Å². The molecular weight excluding hydrogens is 362 g/mol. The van der Waals surface area contributed by atoms with Crippen LogP contribution in [0.3, 0.4) is 0 Å². The van der Waals surface area contributed by atoms with Gasteiger partial charge in [0.15, 0.2) is 5.82 Å². The van der Waals surface area contributed by atoms with Crippen LogP contribution in [0.25, 0.3) is 0 Å². The summed E-state index contributed by atoms with van der Waals surface area (Å²) in [6.07, 6.45) is 8.09. The summed E-state index contributed by atoms with van der Waals surface area (Å²) in [6, 6.07) is 1.90. The zero-order chi connectivity index (χ0) is 19.0. The van der Waals surface area contributed by atoms with Crippen LogP contribution >= 0.6 is 11.8 Å². The van der Waals surface area contributed by atoms with Crippen LogP contribution in [0, 0.1) is 30.1 Å². The zero-order valence-electron chi connectivity index (χ0n) is 16.1. The molecule has 6 nitrogen and oxygen atoms in total. The van der Waals surface area contributed by atoms with Crippen molar-refractivity contribution in [3.05, 3.63) is 11.8 Å². The third-order valence-corrected chi connectivity index (χ3v) is 7.68. The van der Waals surface area contributed by atoms with Crippen LogP contribution in [0.5, 0.6) is 0 Å². The van der Waals surface area contributed by atoms with Crippen molar-refractivity contribution in [2.45, 2.75) is 58.4 Å². The van der Waals surface area contributed by atoms with Gasteiger partial charge in [-0.15, -0.1) is 11.8 Å². The second-order valence-electron chi connectivity index (χ2n) is 8.93. The van der Waals surface area contributed by atoms with Gasteiger partial charge in [0.1, 0.15) is 5.76 Å². The SMILES string of the molecule is Cc1cc(NC(=O)CSCC(=O)NC(C)C23CC4CC(CC(C4)C2)C3)no1. The van der Waals surface area contributed by atoms with Crippen molar-refractivity contribution in [1.82, 2.24) is 10.5 Å². The molecule has 27 heavy (non-hydrogen) atoms. The number of nitrogens with zero attached hydrogens (tertiary/aromatic N) is 1. The standard InChI is InChI=1S/C20H29N3O3S/c1-12-3-17(23-26-12)22-19(25)11-27-10-18(24)21-13(2)20-7-14-4-15(8-20)6-16(5-14)9-20/h3,13-16H,4-11H2,1-2H3,(H,21,24)(H,22,23,25). The van der Waals surface area contributed by atoms with E-state index in [4.69, 9.17) is 4.52 Å². The van der Waals surface area contributed by atoms with Crippen LogP contribution in [0.4, 0.5) is 5.82 Å². The van der Waals surface area contributed by atoms with E-state index in [1.807, 2.05) is 0 Å². The van der Waals surface area contributed by atoms with E-state index in [0.717, 1.165) is 17.8 Å². The largest absolute Gasteiger partial charge is 0.360 e. The van der Waals surface area contributed by atoms with Crippen LogP contribution in [0.1, 0.15) is 51.2 Å². The summed E-state index contributed by atoms with van der Waals surface area (Å²) in [6.45, 7) is 3.96. The molecule has 0 saturated heterocycles. The normalized spacial score (nSPS) is 32.3. The molecule has 0 spiro atoms. The Morgan fingerprint density at radius 2 is 1.78 bits per heavy atom. The topological polar surface area (TPSA) is 84.2 Å². The van der Waals surface area contributed by atoms with E-state index in [9.17, 15) is 9.59 Å². The summed E-state index contributed by atoms with van der Waals surface area (Å²) in [5, 5.41) is 9.65. The highest BCUT2D eigenvalue weighted by atomic mass is 32.2. The lowest BCUT2D eigenvalue weighted by Gasteiger charge is -2.59. The molecule has 4 saturated carbocycles. The molecule has 1 atom stereocenters. The van der Waals surface area contributed by atoms with Crippen molar-refractivity contribution in [1.29, 1.82) is 0 Å². The van der Waals surface area contributed by atoms with Gasteiger partial charge in [0.05, 0.1) is 11.5 Å². The molecule has 7 heteroatoms. The first-order valence-corrected chi connectivity index (χ1v) is 11.2. The van der Waals surface area contributed by atoms with E-state index in [1.54, 1.807) is 13.0 Å². The number of hydrogen-bond acceptors (Lipinski definition) is 5. The van der Waals surface area contributed by atoms with E-state index < -0.39 is 0 Å². The van der Waals surface area contributed by atoms with Crippen LogP contribution in [0.15, 0.2) is 10.6 Å². The molecule has 0 aromatic carbocycles. The zero-order valence-corrected chi connectivity index (χ0v) is 16.9. The number of carbonyl (C=O) groups excluding carboxylic acids is 2. The monoisotopic (exact) mass is 391 g/mol. The molecule has 4 aliphatic carbocycles. The lowest BCUT2D eigenvalue weighted by atomic mass is 9.48. The van der Waals surface area contributed by atoms with E-state index in [-0.39, 0.29) is 23.6 Å². The molecule has 1 aromatic heterocycles. The maximum Gasteiger partial charge on any atom is 0.235 e. The number of nitrogens with one attached hydrogen (secondary N) is 2. The van der Waals surface area contributed by atoms with Crippen LogP contribution in [-0.2, 0) is 9.59 Å². The molecule has 4 bridgehead atoms. The molecule has 148 valence electrons. The van der Waals surface area contributed by atoms with Gasteiger partial charge < -0.3 is 15.2 Å². The predicted molar refractivity (Wildman–Crippen MR) is 105 cm³/mol. The maximum atomic E-state index is 12.4. The molecule has 2 N–H and O–H groups in total. The number of hydrogen-bond donors (Lipinski definition) is 2. The smallest absolute Gasteiger partial charge is 0.235 e. The number of thioether (sulfide) groups is 1. The van der Waals surface area contributed by atoms with Crippen LogP contribution in [-0.4, -0.2) is 34.5 Å². The fourth-order valence-corrected chi connectivity index (χ4v) is 6.61. The number of aryl methyl sites for hydroxylation is 1. The van der Waals surface area contributed by atoms with E-state index in [2.05, 4.69) is 22.7 Å². The fourth-order valence-electron chi connectivity index (χ4n) is 5.98. The van der Waals surface area contributed by atoms with Crippen molar-refractivity contribution in [3.63, 3.8) is 0 Å². The number of carbonyl (C=O) groups is 2. The lowest BCUT2D eigenvalue weighted by molar-refractivity contribution is -0.123. The van der Waals surface area contributed by atoms with Crippen molar-refractivity contribution in [3.8, 4) is 0 Å². The van der Waals surface area contributed by atoms with Gasteiger partial charge in [0.25, 0.3) is 0 Å². The number of aromatic nitrogens is 1. The fraction of sp³-hybridized carbons (Fsp3) is 0.750. The summed E-state index contributed by atoms with van der Waals surface area (Å²) >= 11 is 1.33. The lowest BCUT2D eigenvalue weighted by Crippen LogP contribution is -2.56. The van der Waals surface area contributed by atoms with Gasteiger partial charge in [-0.1, -0.05) is 5.16 Å². The molecule has 1 aromatic rings. The molecule has 1 unspecified atom stereocenters. The third kappa shape index (κ3) is 4.18. The highest BCUT2D eigenvalue weighted by Crippen LogP contribution is 2.61. The second-order valence-corrected chi connectivity index (χ2v) is 9.92. The van der Waals surface area contributed by atoms with Gasteiger partial charge in [-0.3, -0.25) is 9.59 Å². The Kier molecular flexibility index (Phi) is 5.23. The molecule has 1 heterocycles. The summed E-state index contributed by atoms with van der Waals surface area (Å²) < 4.78 is 4.92. The summed E-state index contributed by atoms with van der Waals surface area (Å²) in [7, 11) is 0. The summed E-state index contributed by atoms with van der Waals surface area (Å²) in [5.41, 5.74) is 0.317. The maximum absolute atomic E-state index is 12.4. The Labute approximate surface area is 164 Å². The predicted octanol–water partition coefficient (Wildman–Crippen LogP) is 3.38. The highest BCUT2D eigenvalue weighted by Gasteiger charge is 2.53. The Morgan fingerprint density at radius 3 is 2.33 bits per heavy atom. The van der Waals surface area contributed by atoms with E-state index in [1.165, 1.54) is 50.3 Å². The van der Waals surface area contributed by atoms with Crippen molar-refractivity contribution < 1.29 is 14.1 Å². The first kappa shape index (κ1) is 18.8. The van der Waals surface area contributed by atoms with Gasteiger partial charge in [-0.05, 0) is 75.5 Å². The number of rotatable bonds is 7. The first-order chi connectivity index (χ1) is 12.9. The second kappa shape index (κ2) is 7.49. The molecule has 0 radical (unpaired) electrons. The van der Waals surface area contributed by atoms with Gasteiger partial charge >= 0.3 is 0 Å². The molecule has 4 aliphatic rings. The minimum absolute atomic E-state index is 0.0355. The first-order valence-electron chi connectivity index (χ1n) is 10.0. The third-order valence-electron chi connectivity index (χ3n) is 6.74. The average Bonchev–Trinajstić information content (AvgIpc) is 2.98. The summed E-state index contributed by atoms with van der Waals surface area (Å²) in [5.74, 6) is 4.11. The molecule has 5 rings (SSSR count). The molecular formula is C20H29N3O3S. The van der Waals surface area contributed by atoms with Crippen molar-refractivity contribution in [2.75, 3.05) is 16.8 Å². The average molecular weight is 392 g/mol. The van der Waals surface area contributed by atoms with Gasteiger partial charge in [0, 0.05) is 12.1 Å². The molecule has 2 amide bonds. The summed E-state index contributed by atoms with van der Waals surface area (Å²) in [4.78, 5) is 24.3. The van der Waals surface area contributed by atoms with Crippen molar-refractivity contribution in [2.24, 2.45) is 23.2 Å². The van der Waals surface area contributed by atoms with Crippen LogP contribution < -0.4 is 10.6 Å².